The van der Waals surface area contributed by atoms with Crippen molar-refractivity contribution in [2.75, 3.05) is 13.1 Å². The van der Waals surface area contributed by atoms with Crippen molar-refractivity contribution in [3.8, 4) is 10.4 Å². The molecule has 1 aliphatic heterocycles. The molecule has 1 aromatic carbocycles. The van der Waals surface area contributed by atoms with Crippen molar-refractivity contribution in [3.05, 3.63) is 47.3 Å². The first-order valence-corrected chi connectivity index (χ1v) is 9.96. The van der Waals surface area contributed by atoms with Gasteiger partial charge in [-0.25, -0.2) is 0 Å². The molecule has 3 nitrogen and oxygen atoms in total. The fraction of sp³-hybridized carbons (Fsp3) is 0.476. The van der Waals surface area contributed by atoms with E-state index >= 15 is 0 Å². The SMILES string of the molecule is CC(C)(C)C(=O)NC1CCN(Cc2cccc(-c3cccs3)c2)CC1. The van der Waals surface area contributed by atoms with E-state index in [1.54, 1.807) is 11.3 Å². The van der Waals surface area contributed by atoms with Crippen LogP contribution in [0.3, 0.4) is 0 Å². The van der Waals surface area contributed by atoms with Gasteiger partial charge >= 0.3 is 0 Å². The molecule has 0 atom stereocenters. The molecule has 2 aromatic rings. The van der Waals surface area contributed by atoms with Gasteiger partial charge in [-0.05, 0) is 41.5 Å². The molecule has 0 radical (unpaired) electrons. The lowest BCUT2D eigenvalue weighted by molar-refractivity contribution is -0.129. The molecule has 2 heterocycles. The van der Waals surface area contributed by atoms with E-state index < -0.39 is 0 Å². The Morgan fingerprint density at radius 1 is 1.20 bits per heavy atom. The molecular formula is C21H28N2OS. The molecule has 0 spiro atoms. The number of nitrogens with zero attached hydrogens (tertiary/aromatic N) is 1. The fourth-order valence-corrected chi connectivity index (χ4v) is 3.89. The summed E-state index contributed by atoms with van der Waals surface area (Å²) in [5.41, 5.74) is 2.36. The molecule has 1 fully saturated rings. The van der Waals surface area contributed by atoms with E-state index in [0.29, 0.717) is 6.04 Å². The summed E-state index contributed by atoms with van der Waals surface area (Å²) in [7, 11) is 0. The maximum Gasteiger partial charge on any atom is 0.225 e. The van der Waals surface area contributed by atoms with Crippen LogP contribution in [-0.4, -0.2) is 29.9 Å². The highest BCUT2D eigenvalue weighted by Crippen LogP contribution is 2.26. The van der Waals surface area contributed by atoms with Gasteiger partial charge in [0.1, 0.15) is 0 Å². The van der Waals surface area contributed by atoms with Gasteiger partial charge in [-0.15, -0.1) is 11.3 Å². The average Bonchev–Trinajstić information content (AvgIpc) is 3.11. The summed E-state index contributed by atoms with van der Waals surface area (Å²) in [5.74, 6) is 0.162. The van der Waals surface area contributed by atoms with Crippen molar-refractivity contribution in [1.29, 1.82) is 0 Å². The van der Waals surface area contributed by atoms with Crippen molar-refractivity contribution >= 4 is 17.2 Å². The highest BCUT2D eigenvalue weighted by atomic mass is 32.1. The normalized spacial score (nSPS) is 16.8. The van der Waals surface area contributed by atoms with E-state index in [2.05, 4.69) is 52.0 Å². The number of piperidine rings is 1. The van der Waals surface area contributed by atoms with E-state index in [9.17, 15) is 4.79 Å². The Labute approximate surface area is 155 Å². The molecule has 0 unspecified atom stereocenters. The first-order valence-electron chi connectivity index (χ1n) is 9.08. The first-order chi connectivity index (χ1) is 11.9. The average molecular weight is 357 g/mol. The van der Waals surface area contributed by atoms with Gasteiger partial charge < -0.3 is 5.32 Å². The van der Waals surface area contributed by atoms with E-state index in [0.717, 1.165) is 32.5 Å². The summed E-state index contributed by atoms with van der Waals surface area (Å²) in [6.45, 7) is 8.98. The highest BCUT2D eigenvalue weighted by molar-refractivity contribution is 7.13. The third kappa shape index (κ3) is 4.93. The lowest BCUT2D eigenvalue weighted by Gasteiger charge is -2.33. The number of rotatable bonds is 4. The van der Waals surface area contributed by atoms with Crippen molar-refractivity contribution < 1.29 is 4.79 Å². The minimum absolute atomic E-state index is 0.162. The van der Waals surface area contributed by atoms with Crippen molar-refractivity contribution in [3.63, 3.8) is 0 Å². The van der Waals surface area contributed by atoms with Crippen LogP contribution >= 0.6 is 11.3 Å². The van der Waals surface area contributed by atoms with E-state index in [4.69, 9.17) is 0 Å². The van der Waals surface area contributed by atoms with Gasteiger partial charge in [0.05, 0.1) is 0 Å². The minimum atomic E-state index is -0.306. The second kappa shape index (κ2) is 7.71. The third-order valence-electron chi connectivity index (χ3n) is 4.74. The Morgan fingerprint density at radius 3 is 2.60 bits per heavy atom. The number of carbonyl (C=O) groups is 1. The molecule has 134 valence electrons. The van der Waals surface area contributed by atoms with Gasteiger partial charge in [-0.2, -0.15) is 0 Å². The molecule has 0 aliphatic carbocycles. The quantitative estimate of drug-likeness (QED) is 0.872. The van der Waals surface area contributed by atoms with Gasteiger partial charge in [0, 0.05) is 36.0 Å². The Balaban J connectivity index is 1.53. The number of likely N-dealkylation sites (tertiary alicyclic amines) is 1. The number of hydrogen-bond acceptors (Lipinski definition) is 3. The van der Waals surface area contributed by atoms with E-state index in [-0.39, 0.29) is 11.3 Å². The van der Waals surface area contributed by atoms with Crippen molar-refractivity contribution in [2.45, 2.75) is 46.2 Å². The van der Waals surface area contributed by atoms with Gasteiger partial charge in [-0.1, -0.05) is 45.0 Å². The topological polar surface area (TPSA) is 32.3 Å². The predicted molar refractivity (Wildman–Crippen MR) is 106 cm³/mol. The zero-order valence-electron chi connectivity index (χ0n) is 15.4. The summed E-state index contributed by atoms with van der Waals surface area (Å²) in [4.78, 5) is 15.9. The van der Waals surface area contributed by atoms with Crippen LogP contribution in [0.15, 0.2) is 41.8 Å². The zero-order chi connectivity index (χ0) is 17.9. The molecular weight excluding hydrogens is 328 g/mol. The summed E-state index contributed by atoms with van der Waals surface area (Å²) >= 11 is 1.78. The van der Waals surface area contributed by atoms with Crippen LogP contribution < -0.4 is 5.32 Å². The number of hydrogen-bond donors (Lipinski definition) is 1. The van der Waals surface area contributed by atoms with E-state index in [1.807, 2.05) is 20.8 Å². The Hall–Kier alpha value is -1.65. The Morgan fingerprint density at radius 2 is 1.96 bits per heavy atom. The second-order valence-corrected chi connectivity index (χ2v) is 8.90. The zero-order valence-corrected chi connectivity index (χ0v) is 16.2. The number of nitrogens with one attached hydrogen (secondary N) is 1. The first kappa shape index (κ1) is 18.2. The standard InChI is InChI=1S/C21H28N2OS/c1-21(2,3)20(24)22-18-9-11-23(12-10-18)15-16-6-4-7-17(14-16)19-8-5-13-25-19/h4-8,13-14,18H,9-12,15H2,1-3H3,(H,22,24). The molecule has 1 aromatic heterocycles. The van der Waals surface area contributed by atoms with Crippen LogP contribution in [0.4, 0.5) is 0 Å². The van der Waals surface area contributed by atoms with Crippen LogP contribution in [0.2, 0.25) is 0 Å². The largest absolute Gasteiger partial charge is 0.353 e. The van der Waals surface area contributed by atoms with Crippen LogP contribution in [0.5, 0.6) is 0 Å². The number of thiophene rings is 1. The number of amides is 1. The number of benzene rings is 1. The van der Waals surface area contributed by atoms with E-state index in [1.165, 1.54) is 16.0 Å². The molecule has 0 bridgehead atoms. The lowest BCUT2D eigenvalue weighted by atomic mass is 9.94. The monoisotopic (exact) mass is 356 g/mol. The van der Waals surface area contributed by atoms with Gasteiger partial charge in [0.25, 0.3) is 0 Å². The number of carbonyl (C=O) groups excluding carboxylic acids is 1. The summed E-state index contributed by atoms with van der Waals surface area (Å²) in [5, 5.41) is 5.33. The molecule has 0 saturated carbocycles. The van der Waals surface area contributed by atoms with Crippen molar-refractivity contribution in [1.82, 2.24) is 10.2 Å². The van der Waals surface area contributed by atoms with Crippen LogP contribution in [-0.2, 0) is 11.3 Å². The van der Waals surface area contributed by atoms with Crippen LogP contribution in [0, 0.1) is 5.41 Å². The van der Waals surface area contributed by atoms with Crippen LogP contribution in [0.1, 0.15) is 39.2 Å². The molecule has 1 amide bonds. The molecule has 4 heteroatoms. The Kier molecular flexibility index (Phi) is 5.60. The summed E-state index contributed by atoms with van der Waals surface area (Å²) in [6.07, 6.45) is 2.07. The molecule has 1 aliphatic rings. The molecule has 3 rings (SSSR count). The van der Waals surface area contributed by atoms with Gasteiger partial charge in [0.2, 0.25) is 5.91 Å². The smallest absolute Gasteiger partial charge is 0.225 e. The maximum absolute atomic E-state index is 12.1. The lowest BCUT2D eigenvalue weighted by Crippen LogP contribution is -2.47. The molecule has 1 N–H and O–H groups in total. The predicted octanol–water partition coefficient (Wildman–Crippen LogP) is 4.54. The Bertz CT molecular complexity index is 695. The van der Waals surface area contributed by atoms with Gasteiger partial charge in [-0.3, -0.25) is 9.69 Å². The summed E-state index contributed by atoms with van der Waals surface area (Å²) < 4.78 is 0. The third-order valence-corrected chi connectivity index (χ3v) is 5.66. The minimum Gasteiger partial charge on any atom is -0.353 e. The summed E-state index contributed by atoms with van der Waals surface area (Å²) in [6, 6.07) is 13.4. The second-order valence-electron chi connectivity index (χ2n) is 7.95. The van der Waals surface area contributed by atoms with Crippen molar-refractivity contribution in [2.24, 2.45) is 5.41 Å². The molecule has 25 heavy (non-hydrogen) atoms. The van der Waals surface area contributed by atoms with Gasteiger partial charge in [0.15, 0.2) is 0 Å². The molecule has 1 saturated heterocycles. The maximum atomic E-state index is 12.1. The van der Waals surface area contributed by atoms with Crippen LogP contribution in [0.25, 0.3) is 10.4 Å². The fourth-order valence-electron chi connectivity index (χ4n) is 3.16. The highest BCUT2D eigenvalue weighted by Gasteiger charge is 2.26.